The Balaban J connectivity index is 1.59. The third-order valence-electron chi connectivity index (χ3n) is 5.86. The van der Waals surface area contributed by atoms with E-state index >= 15 is 0 Å². The van der Waals surface area contributed by atoms with Gasteiger partial charge in [0.25, 0.3) is 5.91 Å². The van der Waals surface area contributed by atoms with Gasteiger partial charge in [-0.3, -0.25) is 4.79 Å². The number of rotatable bonds is 3. The van der Waals surface area contributed by atoms with E-state index in [1.54, 1.807) is 0 Å². The van der Waals surface area contributed by atoms with Crippen molar-refractivity contribution in [2.75, 3.05) is 18.0 Å². The molecule has 0 N–H and O–H groups in total. The highest BCUT2D eigenvalue weighted by atomic mass is 16.2. The largest absolute Gasteiger partial charge is 0.352 e. The molecule has 0 bridgehead atoms. The molecule has 142 valence electrons. The highest BCUT2D eigenvalue weighted by molar-refractivity contribution is 5.93. The molecule has 5 heteroatoms. The summed E-state index contributed by atoms with van der Waals surface area (Å²) < 4.78 is 0. The van der Waals surface area contributed by atoms with Crippen molar-refractivity contribution in [2.24, 2.45) is 0 Å². The molecule has 5 nitrogen and oxygen atoms in total. The van der Waals surface area contributed by atoms with Crippen LogP contribution >= 0.6 is 0 Å². The van der Waals surface area contributed by atoms with Gasteiger partial charge in [-0.15, -0.1) is 0 Å². The lowest BCUT2D eigenvalue weighted by Crippen LogP contribution is -2.43. The van der Waals surface area contributed by atoms with Crippen LogP contribution in [0.25, 0.3) is 0 Å². The fourth-order valence-electron chi connectivity index (χ4n) is 4.35. The summed E-state index contributed by atoms with van der Waals surface area (Å²) in [6.07, 6.45) is 5.41. The number of aromatic nitrogens is 2. The first-order chi connectivity index (χ1) is 13.2. The molecule has 1 unspecified atom stereocenters. The SMILES string of the molecule is CCC1CCCCN1C(=O)c1cc(N2CCc3ccccc3C2)nc(C)n1. The van der Waals surface area contributed by atoms with Crippen LogP contribution in [0, 0.1) is 6.92 Å². The maximum absolute atomic E-state index is 13.2. The van der Waals surface area contributed by atoms with Crippen LogP contribution in [-0.2, 0) is 13.0 Å². The topological polar surface area (TPSA) is 49.3 Å². The number of likely N-dealkylation sites (tertiary alicyclic amines) is 1. The molecular formula is C22H28N4O. The molecule has 1 amide bonds. The van der Waals surface area contributed by atoms with Crippen LogP contribution in [0.5, 0.6) is 0 Å². The van der Waals surface area contributed by atoms with Crippen molar-refractivity contribution < 1.29 is 4.79 Å². The van der Waals surface area contributed by atoms with Crippen molar-refractivity contribution >= 4 is 11.7 Å². The number of carbonyl (C=O) groups excluding carboxylic acids is 1. The molecule has 1 atom stereocenters. The van der Waals surface area contributed by atoms with E-state index in [-0.39, 0.29) is 5.91 Å². The van der Waals surface area contributed by atoms with Crippen LogP contribution < -0.4 is 4.90 Å². The lowest BCUT2D eigenvalue weighted by molar-refractivity contribution is 0.0601. The Bertz CT molecular complexity index is 835. The van der Waals surface area contributed by atoms with Gasteiger partial charge < -0.3 is 9.80 Å². The number of benzene rings is 1. The van der Waals surface area contributed by atoms with Crippen LogP contribution in [0.15, 0.2) is 30.3 Å². The summed E-state index contributed by atoms with van der Waals surface area (Å²) in [4.78, 5) is 26.6. The Hall–Kier alpha value is -2.43. The summed E-state index contributed by atoms with van der Waals surface area (Å²) in [7, 11) is 0. The first kappa shape index (κ1) is 18.0. The van der Waals surface area contributed by atoms with Crippen molar-refractivity contribution in [1.82, 2.24) is 14.9 Å². The Morgan fingerprint density at radius 3 is 2.78 bits per heavy atom. The molecule has 2 aliphatic rings. The molecule has 0 radical (unpaired) electrons. The van der Waals surface area contributed by atoms with E-state index in [2.05, 4.69) is 46.1 Å². The molecular weight excluding hydrogens is 336 g/mol. The zero-order valence-corrected chi connectivity index (χ0v) is 16.3. The lowest BCUT2D eigenvalue weighted by atomic mass is 9.99. The van der Waals surface area contributed by atoms with E-state index in [9.17, 15) is 4.79 Å². The van der Waals surface area contributed by atoms with Gasteiger partial charge in [-0.05, 0) is 50.2 Å². The molecule has 0 saturated carbocycles. The summed E-state index contributed by atoms with van der Waals surface area (Å²) in [5, 5.41) is 0. The van der Waals surface area contributed by atoms with Crippen molar-refractivity contribution in [1.29, 1.82) is 0 Å². The van der Waals surface area contributed by atoms with Crippen LogP contribution in [0.2, 0.25) is 0 Å². The lowest BCUT2D eigenvalue weighted by Gasteiger charge is -2.35. The molecule has 3 heterocycles. The van der Waals surface area contributed by atoms with Crippen molar-refractivity contribution in [3.63, 3.8) is 0 Å². The minimum atomic E-state index is 0.0608. The molecule has 1 fully saturated rings. The highest BCUT2D eigenvalue weighted by Crippen LogP contribution is 2.25. The quantitative estimate of drug-likeness (QED) is 0.832. The maximum Gasteiger partial charge on any atom is 0.272 e. The standard InChI is InChI=1S/C22H28N4O/c1-3-19-10-6-7-12-26(19)22(27)20-14-21(24-16(2)23-20)25-13-11-17-8-4-5-9-18(17)15-25/h4-5,8-9,14,19H,3,6-7,10-13,15H2,1-2H3. The molecule has 1 aromatic carbocycles. The predicted octanol–water partition coefficient (Wildman–Crippen LogP) is 3.75. The van der Waals surface area contributed by atoms with E-state index < -0.39 is 0 Å². The first-order valence-electron chi connectivity index (χ1n) is 10.1. The molecule has 0 aliphatic carbocycles. The van der Waals surface area contributed by atoms with E-state index in [1.165, 1.54) is 17.5 Å². The van der Waals surface area contributed by atoms with E-state index in [0.717, 1.165) is 51.1 Å². The minimum Gasteiger partial charge on any atom is -0.352 e. The zero-order chi connectivity index (χ0) is 18.8. The maximum atomic E-state index is 13.2. The van der Waals surface area contributed by atoms with Gasteiger partial charge in [0.2, 0.25) is 0 Å². The third-order valence-corrected chi connectivity index (χ3v) is 5.86. The van der Waals surface area contributed by atoms with Crippen molar-refractivity contribution in [2.45, 2.75) is 58.5 Å². The number of amides is 1. The van der Waals surface area contributed by atoms with Crippen LogP contribution in [0.4, 0.5) is 5.82 Å². The average Bonchev–Trinajstić information content (AvgIpc) is 2.72. The van der Waals surface area contributed by atoms with E-state index in [1.807, 2.05) is 17.9 Å². The van der Waals surface area contributed by atoms with Gasteiger partial charge in [0.1, 0.15) is 17.3 Å². The smallest absolute Gasteiger partial charge is 0.272 e. The number of fused-ring (bicyclic) bond motifs is 1. The second-order valence-corrected chi connectivity index (χ2v) is 7.66. The van der Waals surface area contributed by atoms with Crippen molar-refractivity contribution in [3.8, 4) is 0 Å². The molecule has 2 aliphatic heterocycles. The highest BCUT2D eigenvalue weighted by Gasteiger charge is 2.28. The van der Waals surface area contributed by atoms with Gasteiger partial charge in [0.05, 0.1) is 0 Å². The number of hydrogen-bond acceptors (Lipinski definition) is 4. The molecule has 1 aromatic heterocycles. The molecule has 4 rings (SSSR count). The number of piperidine rings is 1. The second kappa shape index (κ2) is 7.67. The van der Waals surface area contributed by atoms with Crippen molar-refractivity contribution in [3.05, 3.63) is 53.0 Å². The van der Waals surface area contributed by atoms with Gasteiger partial charge in [0.15, 0.2) is 0 Å². The molecule has 2 aromatic rings. The third kappa shape index (κ3) is 3.68. The average molecular weight is 364 g/mol. The Morgan fingerprint density at radius 2 is 1.96 bits per heavy atom. The summed E-state index contributed by atoms with van der Waals surface area (Å²) in [6, 6.07) is 10.8. The number of aryl methyl sites for hydroxylation is 1. The normalized spacial score (nSPS) is 19.7. The van der Waals surface area contributed by atoms with Crippen LogP contribution in [-0.4, -0.2) is 39.9 Å². The minimum absolute atomic E-state index is 0.0608. The Morgan fingerprint density at radius 1 is 1.15 bits per heavy atom. The van der Waals surface area contributed by atoms with E-state index in [4.69, 9.17) is 0 Å². The number of nitrogens with zero attached hydrogens (tertiary/aromatic N) is 4. The number of carbonyl (C=O) groups is 1. The second-order valence-electron chi connectivity index (χ2n) is 7.66. The van der Waals surface area contributed by atoms with Gasteiger partial charge in [-0.1, -0.05) is 31.2 Å². The zero-order valence-electron chi connectivity index (χ0n) is 16.3. The number of hydrogen-bond donors (Lipinski definition) is 0. The fourth-order valence-corrected chi connectivity index (χ4v) is 4.35. The predicted molar refractivity (Wildman–Crippen MR) is 107 cm³/mol. The summed E-state index contributed by atoms with van der Waals surface area (Å²) in [5.74, 6) is 1.59. The number of anilines is 1. The van der Waals surface area contributed by atoms with Crippen LogP contribution in [0.3, 0.4) is 0 Å². The van der Waals surface area contributed by atoms with Gasteiger partial charge >= 0.3 is 0 Å². The molecule has 27 heavy (non-hydrogen) atoms. The molecule has 0 spiro atoms. The first-order valence-corrected chi connectivity index (χ1v) is 10.1. The van der Waals surface area contributed by atoms with Gasteiger partial charge in [-0.25, -0.2) is 9.97 Å². The van der Waals surface area contributed by atoms with Gasteiger partial charge in [-0.2, -0.15) is 0 Å². The monoisotopic (exact) mass is 364 g/mol. The fraction of sp³-hybridized carbons (Fsp3) is 0.500. The summed E-state index contributed by atoms with van der Waals surface area (Å²) in [6.45, 7) is 6.64. The van der Waals surface area contributed by atoms with E-state index in [0.29, 0.717) is 17.6 Å². The van der Waals surface area contributed by atoms with Gasteiger partial charge in [0, 0.05) is 31.7 Å². The summed E-state index contributed by atoms with van der Waals surface area (Å²) >= 11 is 0. The summed E-state index contributed by atoms with van der Waals surface area (Å²) in [5.41, 5.74) is 3.29. The Kier molecular flexibility index (Phi) is 5.10. The van der Waals surface area contributed by atoms with Crippen LogP contribution in [0.1, 0.15) is 60.0 Å². The molecule has 1 saturated heterocycles. The Labute approximate surface area is 161 Å².